The highest BCUT2D eigenvalue weighted by Gasteiger charge is 2.27. The molecule has 1 rings (SSSR count). The van der Waals surface area contributed by atoms with E-state index >= 15 is 0 Å². The lowest BCUT2D eigenvalue weighted by atomic mass is 9.93. The van der Waals surface area contributed by atoms with Crippen molar-refractivity contribution in [1.29, 1.82) is 0 Å². The predicted octanol–water partition coefficient (Wildman–Crippen LogP) is 2.76. The van der Waals surface area contributed by atoms with Gasteiger partial charge in [0.2, 0.25) is 0 Å². The number of nitrogens with one attached hydrogen (secondary N) is 1. The van der Waals surface area contributed by atoms with Gasteiger partial charge in [-0.2, -0.15) is 0 Å². The number of aryl methyl sites for hydroxylation is 1. The molecule has 0 spiro atoms. The summed E-state index contributed by atoms with van der Waals surface area (Å²) in [7, 11) is 0. The van der Waals surface area contributed by atoms with Crippen LogP contribution in [0.4, 0.5) is 0 Å². The molecule has 1 atom stereocenters. The maximum absolute atomic E-state index is 11.0. The van der Waals surface area contributed by atoms with Crippen LogP contribution in [0.1, 0.15) is 37.9 Å². The zero-order valence-electron chi connectivity index (χ0n) is 10.9. The Morgan fingerprint density at radius 2 is 1.88 bits per heavy atom. The average molecular weight is 235 g/mol. The standard InChI is InChI=1S/C14H21NO2/c1-10-5-7-12(8-6-10)11(2)15-9-14(3,4)13(16)17/h5-8,11,15H,9H2,1-4H3,(H,16,17)/t11-/m1/s1. The summed E-state index contributed by atoms with van der Waals surface area (Å²) in [5.74, 6) is -0.777. The van der Waals surface area contributed by atoms with Crippen LogP contribution in [-0.2, 0) is 4.79 Å². The second-order valence-electron chi connectivity index (χ2n) is 5.20. The summed E-state index contributed by atoms with van der Waals surface area (Å²) < 4.78 is 0. The van der Waals surface area contributed by atoms with Gasteiger partial charge in [0.25, 0.3) is 0 Å². The van der Waals surface area contributed by atoms with Crippen molar-refractivity contribution in [1.82, 2.24) is 5.32 Å². The molecular weight excluding hydrogens is 214 g/mol. The Morgan fingerprint density at radius 3 is 2.35 bits per heavy atom. The second kappa shape index (κ2) is 5.32. The molecule has 0 aromatic heterocycles. The Hall–Kier alpha value is -1.35. The highest BCUT2D eigenvalue weighted by Crippen LogP contribution is 2.18. The summed E-state index contributed by atoms with van der Waals surface area (Å²) in [4.78, 5) is 11.0. The first kappa shape index (κ1) is 13.7. The van der Waals surface area contributed by atoms with Gasteiger partial charge in [-0.15, -0.1) is 0 Å². The number of rotatable bonds is 5. The van der Waals surface area contributed by atoms with Crippen LogP contribution in [-0.4, -0.2) is 17.6 Å². The lowest BCUT2D eigenvalue weighted by Crippen LogP contribution is -2.37. The van der Waals surface area contributed by atoms with E-state index in [1.807, 2.05) is 6.92 Å². The number of hydrogen-bond donors (Lipinski definition) is 2. The van der Waals surface area contributed by atoms with Crippen molar-refractivity contribution in [2.75, 3.05) is 6.54 Å². The zero-order chi connectivity index (χ0) is 13.1. The largest absolute Gasteiger partial charge is 0.481 e. The highest BCUT2D eigenvalue weighted by atomic mass is 16.4. The van der Waals surface area contributed by atoms with Gasteiger partial charge in [0, 0.05) is 12.6 Å². The van der Waals surface area contributed by atoms with Crippen molar-refractivity contribution in [3.63, 3.8) is 0 Å². The molecule has 0 radical (unpaired) electrons. The molecule has 94 valence electrons. The minimum Gasteiger partial charge on any atom is -0.481 e. The molecule has 0 unspecified atom stereocenters. The number of carboxylic acid groups (broad SMARTS) is 1. The number of aliphatic carboxylic acids is 1. The molecule has 0 aliphatic rings. The Balaban J connectivity index is 2.58. The van der Waals surface area contributed by atoms with Gasteiger partial charge in [0.05, 0.1) is 5.41 Å². The minimum absolute atomic E-state index is 0.161. The van der Waals surface area contributed by atoms with E-state index in [2.05, 4.69) is 36.5 Å². The Labute approximate surface area is 103 Å². The molecule has 0 saturated heterocycles. The number of carboxylic acids is 1. The fraction of sp³-hybridized carbons (Fsp3) is 0.500. The van der Waals surface area contributed by atoms with Gasteiger partial charge in [-0.1, -0.05) is 29.8 Å². The molecule has 0 amide bonds. The lowest BCUT2D eigenvalue weighted by Gasteiger charge is -2.23. The summed E-state index contributed by atoms with van der Waals surface area (Å²) in [6, 6.07) is 8.43. The third-order valence-electron chi connectivity index (χ3n) is 3.01. The highest BCUT2D eigenvalue weighted by molar-refractivity contribution is 5.73. The van der Waals surface area contributed by atoms with Crippen molar-refractivity contribution in [3.8, 4) is 0 Å². The van der Waals surface area contributed by atoms with E-state index in [-0.39, 0.29) is 6.04 Å². The van der Waals surface area contributed by atoms with E-state index in [9.17, 15) is 4.79 Å². The van der Waals surface area contributed by atoms with Gasteiger partial charge < -0.3 is 10.4 Å². The van der Waals surface area contributed by atoms with Crippen LogP contribution in [0.5, 0.6) is 0 Å². The molecule has 0 bridgehead atoms. The van der Waals surface area contributed by atoms with Crippen LogP contribution in [0.2, 0.25) is 0 Å². The SMILES string of the molecule is Cc1ccc([C@@H](C)NCC(C)(C)C(=O)O)cc1. The molecule has 1 aromatic carbocycles. The molecule has 0 saturated carbocycles. The molecule has 1 aromatic rings. The second-order valence-corrected chi connectivity index (χ2v) is 5.20. The van der Waals surface area contributed by atoms with E-state index < -0.39 is 11.4 Å². The summed E-state index contributed by atoms with van der Waals surface area (Å²) in [5.41, 5.74) is 1.67. The van der Waals surface area contributed by atoms with Crippen LogP contribution >= 0.6 is 0 Å². The topological polar surface area (TPSA) is 49.3 Å². The van der Waals surface area contributed by atoms with Gasteiger partial charge in [-0.25, -0.2) is 0 Å². The summed E-state index contributed by atoms with van der Waals surface area (Å²) in [6.07, 6.45) is 0. The molecular formula is C14H21NO2. The number of carbonyl (C=O) groups is 1. The Bertz CT molecular complexity index is 382. The number of hydrogen-bond acceptors (Lipinski definition) is 2. The smallest absolute Gasteiger partial charge is 0.310 e. The van der Waals surface area contributed by atoms with Crippen LogP contribution < -0.4 is 5.32 Å². The van der Waals surface area contributed by atoms with E-state index in [1.54, 1.807) is 13.8 Å². The van der Waals surface area contributed by atoms with Crippen molar-refractivity contribution < 1.29 is 9.90 Å². The Kier molecular flexibility index (Phi) is 4.29. The molecule has 3 heteroatoms. The third-order valence-corrected chi connectivity index (χ3v) is 3.01. The minimum atomic E-state index is -0.777. The van der Waals surface area contributed by atoms with Crippen LogP contribution in [0.25, 0.3) is 0 Å². The molecule has 0 aliphatic heterocycles. The van der Waals surface area contributed by atoms with Crippen LogP contribution in [0.15, 0.2) is 24.3 Å². The fourth-order valence-electron chi connectivity index (χ4n) is 1.46. The van der Waals surface area contributed by atoms with E-state index in [0.29, 0.717) is 6.54 Å². The first-order chi connectivity index (χ1) is 7.83. The molecule has 0 heterocycles. The van der Waals surface area contributed by atoms with E-state index in [0.717, 1.165) is 0 Å². The van der Waals surface area contributed by atoms with Crippen molar-refractivity contribution >= 4 is 5.97 Å². The van der Waals surface area contributed by atoms with Gasteiger partial charge >= 0.3 is 5.97 Å². The molecule has 0 fully saturated rings. The quantitative estimate of drug-likeness (QED) is 0.825. The monoisotopic (exact) mass is 235 g/mol. The maximum Gasteiger partial charge on any atom is 0.310 e. The summed E-state index contributed by atoms with van der Waals surface area (Å²) in [6.45, 7) is 8.00. The normalized spacial score (nSPS) is 13.4. The van der Waals surface area contributed by atoms with Gasteiger partial charge in [-0.3, -0.25) is 4.79 Å². The van der Waals surface area contributed by atoms with Gasteiger partial charge in [0.15, 0.2) is 0 Å². The summed E-state index contributed by atoms with van der Waals surface area (Å²) >= 11 is 0. The van der Waals surface area contributed by atoms with Gasteiger partial charge in [-0.05, 0) is 33.3 Å². The van der Waals surface area contributed by atoms with E-state index in [1.165, 1.54) is 11.1 Å². The predicted molar refractivity (Wildman–Crippen MR) is 69.0 cm³/mol. The maximum atomic E-state index is 11.0. The molecule has 0 aliphatic carbocycles. The van der Waals surface area contributed by atoms with Gasteiger partial charge in [0.1, 0.15) is 0 Å². The Morgan fingerprint density at radius 1 is 1.35 bits per heavy atom. The summed E-state index contributed by atoms with van der Waals surface area (Å²) in [5, 5.41) is 12.3. The zero-order valence-corrected chi connectivity index (χ0v) is 10.9. The lowest BCUT2D eigenvalue weighted by molar-refractivity contribution is -0.146. The fourth-order valence-corrected chi connectivity index (χ4v) is 1.46. The van der Waals surface area contributed by atoms with Crippen molar-refractivity contribution in [2.45, 2.75) is 33.7 Å². The van der Waals surface area contributed by atoms with E-state index in [4.69, 9.17) is 5.11 Å². The average Bonchev–Trinajstić information content (AvgIpc) is 2.27. The van der Waals surface area contributed by atoms with Crippen LogP contribution in [0, 0.1) is 12.3 Å². The van der Waals surface area contributed by atoms with Crippen molar-refractivity contribution in [2.24, 2.45) is 5.41 Å². The first-order valence-electron chi connectivity index (χ1n) is 5.86. The first-order valence-corrected chi connectivity index (χ1v) is 5.86. The molecule has 3 nitrogen and oxygen atoms in total. The van der Waals surface area contributed by atoms with Crippen molar-refractivity contribution in [3.05, 3.63) is 35.4 Å². The molecule has 2 N–H and O–H groups in total. The molecule has 17 heavy (non-hydrogen) atoms. The van der Waals surface area contributed by atoms with Crippen LogP contribution in [0.3, 0.4) is 0 Å². The number of benzene rings is 1. The third kappa shape index (κ3) is 3.86.